The molecule has 0 aromatic carbocycles. The van der Waals surface area contributed by atoms with Crippen LogP contribution in [0.25, 0.3) is 0 Å². The smallest absolute Gasteiger partial charge is 0.407 e. The van der Waals surface area contributed by atoms with Crippen LogP contribution in [0.15, 0.2) is 0 Å². The first-order valence-corrected chi connectivity index (χ1v) is 6.63. The van der Waals surface area contributed by atoms with Gasteiger partial charge < -0.3 is 19.5 Å². The lowest BCUT2D eigenvalue weighted by atomic mass is 10.0. The summed E-state index contributed by atoms with van der Waals surface area (Å²) < 4.78 is 15.6. The maximum absolute atomic E-state index is 11.8. The summed E-state index contributed by atoms with van der Waals surface area (Å²) in [5.41, 5.74) is -0.564. The van der Waals surface area contributed by atoms with E-state index in [1.807, 2.05) is 0 Å². The molecular weight excluding hydrogens is 250 g/mol. The number of hydrogen-bond acceptors (Lipinski definition) is 5. The van der Waals surface area contributed by atoms with E-state index in [1.165, 1.54) is 0 Å². The van der Waals surface area contributed by atoms with Crippen molar-refractivity contribution in [3.8, 4) is 0 Å². The maximum atomic E-state index is 11.8. The van der Waals surface area contributed by atoms with Crippen molar-refractivity contribution in [3.63, 3.8) is 0 Å². The van der Waals surface area contributed by atoms with Crippen LogP contribution in [-0.2, 0) is 19.0 Å². The first kappa shape index (κ1) is 14.1. The van der Waals surface area contributed by atoms with Gasteiger partial charge in [-0.1, -0.05) is 0 Å². The van der Waals surface area contributed by atoms with Crippen molar-refractivity contribution in [2.24, 2.45) is 5.92 Å². The molecule has 0 aromatic heterocycles. The number of amides is 1. The normalized spacial score (nSPS) is 32.4. The van der Waals surface area contributed by atoms with Crippen LogP contribution in [-0.4, -0.2) is 42.5 Å². The minimum atomic E-state index is -0.564. The van der Waals surface area contributed by atoms with E-state index in [0.29, 0.717) is 13.0 Å². The molecule has 108 valence electrons. The topological polar surface area (TPSA) is 77.2 Å². The fourth-order valence-electron chi connectivity index (χ4n) is 2.41. The van der Waals surface area contributed by atoms with Gasteiger partial charge in [0.1, 0.15) is 11.7 Å². The number of carbonyl (C=O) groups excluding carboxylic acids is 2. The average molecular weight is 271 g/mol. The summed E-state index contributed by atoms with van der Waals surface area (Å²) in [6, 6.07) is -0.348. The fraction of sp³-hybridized carbons (Fsp3) is 0.846. The van der Waals surface area contributed by atoms with Gasteiger partial charge in [-0.25, -0.2) is 4.79 Å². The molecule has 1 saturated carbocycles. The SMILES string of the molecule is CCOC(=O)[C@@H]1C[C@@H]2O[C@@H]2[C@@H]1NC(=O)OC(C)(C)C. The number of hydrogen-bond donors (Lipinski definition) is 1. The van der Waals surface area contributed by atoms with E-state index in [0.717, 1.165) is 0 Å². The monoisotopic (exact) mass is 271 g/mol. The Hall–Kier alpha value is -1.30. The molecule has 1 aliphatic carbocycles. The number of rotatable bonds is 3. The van der Waals surface area contributed by atoms with Gasteiger partial charge in [-0.3, -0.25) is 4.79 Å². The summed E-state index contributed by atoms with van der Waals surface area (Å²) in [6.07, 6.45) is 0.0588. The highest BCUT2D eigenvalue weighted by molar-refractivity contribution is 5.76. The Labute approximate surface area is 112 Å². The zero-order valence-electron chi connectivity index (χ0n) is 11.8. The molecule has 2 rings (SSSR count). The van der Waals surface area contributed by atoms with Gasteiger partial charge in [-0.2, -0.15) is 0 Å². The summed E-state index contributed by atoms with van der Waals surface area (Å²) in [4.78, 5) is 23.6. The van der Waals surface area contributed by atoms with Crippen LogP contribution in [0, 0.1) is 5.92 Å². The second kappa shape index (κ2) is 5.00. The van der Waals surface area contributed by atoms with Gasteiger partial charge in [0, 0.05) is 0 Å². The minimum Gasteiger partial charge on any atom is -0.466 e. The highest BCUT2D eigenvalue weighted by Gasteiger charge is 2.59. The van der Waals surface area contributed by atoms with Crippen LogP contribution >= 0.6 is 0 Å². The van der Waals surface area contributed by atoms with Crippen LogP contribution in [0.2, 0.25) is 0 Å². The molecule has 1 heterocycles. The van der Waals surface area contributed by atoms with Gasteiger partial charge >= 0.3 is 12.1 Å². The summed E-state index contributed by atoms with van der Waals surface area (Å²) in [6.45, 7) is 7.48. The predicted molar refractivity (Wildman–Crippen MR) is 66.6 cm³/mol. The second-order valence-corrected chi connectivity index (χ2v) is 5.91. The quantitative estimate of drug-likeness (QED) is 0.617. The summed E-state index contributed by atoms with van der Waals surface area (Å²) in [5.74, 6) is -0.615. The number of fused-ring (bicyclic) bond motifs is 1. The third-order valence-corrected chi connectivity index (χ3v) is 3.17. The Bertz CT molecular complexity index is 376. The summed E-state index contributed by atoms with van der Waals surface area (Å²) in [7, 11) is 0. The Morgan fingerprint density at radius 2 is 2.05 bits per heavy atom. The Morgan fingerprint density at radius 3 is 2.63 bits per heavy atom. The maximum Gasteiger partial charge on any atom is 0.407 e. The first-order valence-electron chi connectivity index (χ1n) is 6.63. The number of carbonyl (C=O) groups is 2. The second-order valence-electron chi connectivity index (χ2n) is 5.91. The molecule has 2 aliphatic rings. The Morgan fingerprint density at radius 1 is 1.37 bits per heavy atom. The minimum absolute atomic E-state index is 0.0642. The van der Waals surface area contributed by atoms with Crippen molar-refractivity contribution in [3.05, 3.63) is 0 Å². The van der Waals surface area contributed by atoms with E-state index in [2.05, 4.69) is 5.32 Å². The zero-order chi connectivity index (χ0) is 14.2. The number of esters is 1. The number of epoxide rings is 1. The molecule has 1 aliphatic heterocycles. The number of ether oxygens (including phenoxy) is 3. The molecule has 2 fully saturated rings. The highest BCUT2D eigenvalue weighted by atomic mass is 16.6. The molecule has 0 spiro atoms. The molecule has 6 nitrogen and oxygen atoms in total. The van der Waals surface area contributed by atoms with Crippen molar-refractivity contribution in [2.45, 2.75) is 58.0 Å². The van der Waals surface area contributed by atoms with Crippen LogP contribution < -0.4 is 5.32 Å². The average Bonchev–Trinajstić information content (AvgIpc) is 2.93. The van der Waals surface area contributed by atoms with Gasteiger partial charge in [-0.05, 0) is 34.1 Å². The Balaban J connectivity index is 1.93. The zero-order valence-corrected chi connectivity index (χ0v) is 11.8. The van der Waals surface area contributed by atoms with E-state index in [1.54, 1.807) is 27.7 Å². The molecule has 0 aromatic rings. The van der Waals surface area contributed by atoms with Gasteiger partial charge in [0.2, 0.25) is 0 Å². The van der Waals surface area contributed by atoms with Crippen LogP contribution in [0.4, 0.5) is 4.79 Å². The van der Waals surface area contributed by atoms with E-state index in [9.17, 15) is 9.59 Å². The summed E-state index contributed by atoms with van der Waals surface area (Å²) >= 11 is 0. The first-order chi connectivity index (χ1) is 8.81. The molecule has 1 N–H and O–H groups in total. The van der Waals surface area contributed by atoms with Gasteiger partial charge in [0.15, 0.2) is 0 Å². The lowest BCUT2D eigenvalue weighted by molar-refractivity contribution is -0.149. The lowest BCUT2D eigenvalue weighted by Crippen LogP contribution is -2.46. The molecule has 0 unspecified atom stereocenters. The van der Waals surface area contributed by atoms with Crippen LogP contribution in [0.3, 0.4) is 0 Å². The van der Waals surface area contributed by atoms with E-state index in [-0.39, 0.29) is 30.1 Å². The van der Waals surface area contributed by atoms with E-state index >= 15 is 0 Å². The molecule has 0 radical (unpaired) electrons. The lowest BCUT2D eigenvalue weighted by Gasteiger charge is -2.24. The van der Waals surface area contributed by atoms with Crippen molar-refractivity contribution >= 4 is 12.1 Å². The van der Waals surface area contributed by atoms with Gasteiger partial charge in [0.25, 0.3) is 0 Å². The highest BCUT2D eigenvalue weighted by Crippen LogP contribution is 2.43. The molecule has 4 atom stereocenters. The van der Waals surface area contributed by atoms with Crippen molar-refractivity contribution in [2.75, 3.05) is 6.61 Å². The summed E-state index contributed by atoms with van der Waals surface area (Å²) in [5, 5.41) is 2.73. The molecule has 6 heteroatoms. The molecule has 1 saturated heterocycles. The van der Waals surface area contributed by atoms with Gasteiger partial charge in [-0.15, -0.1) is 0 Å². The molecule has 0 bridgehead atoms. The number of nitrogens with one attached hydrogen (secondary N) is 1. The third kappa shape index (κ3) is 3.37. The molecular formula is C13H21NO5. The molecule has 1 amide bonds. The van der Waals surface area contributed by atoms with E-state index in [4.69, 9.17) is 14.2 Å². The van der Waals surface area contributed by atoms with Gasteiger partial charge in [0.05, 0.1) is 24.7 Å². The number of alkyl carbamates (subject to hydrolysis) is 1. The van der Waals surface area contributed by atoms with Crippen LogP contribution in [0.5, 0.6) is 0 Å². The van der Waals surface area contributed by atoms with Crippen LogP contribution in [0.1, 0.15) is 34.1 Å². The van der Waals surface area contributed by atoms with Crippen molar-refractivity contribution in [1.29, 1.82) is 0 Å². The van der Waals surface area contributed by atoms with Crippen molar-refractivity contribution < 1.29 is 23.8 Å². The molecule has 19 heavy (non-hydrogen) atoms. The van der Waals surface area contributed by atoms with E-state index < -0.39 is 11.7 Å². The third-order valence-electron chi connectivity index (χ3n) is 3.17. The predicted octanol–water partition coefficient (Wildman–Crippen LogP) is 1.23. The Kier molecular flexibility index (Phi) is 3.71. The largest absolute Gasteiger partial charge is 0.466 e. The van der Waals surface area contributed by atoms with Crippen molar-refractivity contribution in [1.82, 2.24) is 5.32 Å². The fourth-order valence-corrected chi connectivity index (χ4v) is 2.41. The standard InChI is InChI=1S/C13H21NO5/c1-5-17-11(15)7-6-8-10(18-8)9(7)14-12(16)19-13(2,3)4/h7-10H,5-6H2,1-4H3,(H,14,16)/t7-,8+,9-,10+/m1/s1.